The lowest BCUT2D eigenvalue weighted by atomic mass is 9.94. The molecular weight excluding hydrogens is 245 g/mol. The van der Waals surface area contributed by atoms with Gasteiger partial charge in [0.15, 0.2) is 11.6 Å². The molecule has 19 heavy (non-hydrogen) atoms. The zero-order valence-corrected chi connectivity index (χ0v) is 12.2. The predicted molar refractivity (Wildman–Crippen MR) is 74.7 cm³/mol. The van der Waals surface area contributed by atoms with Crippen LogP contribution < -0.4 is 10.1 Å². The van der Waals surface area contributed by atoms with E-state index < -0.39 is 11.4 Å². The smallest absolute Gasteiger partial charge is 0.165 e. The van der Waals surface area contributed by atoms with E-state index in [-0.39, 0.29) is 18.3 Å². The van der Waals surface area contributed by atoms with Gasteiger partial charge >= 0.3 is 0 Å². The first-order valence-corrected chi connectivity index (χ1v) is 6.71. The molecule has 4 heteroatoms. The Morgan fingerprint density at radius 1 is 1.42 bits per heavy atom. The zero-order chi connectivity index (χ0) is 14.5. The summed E-state index contributed by atoms with van der Waals surface area (Å²) in [6.45, 7) is 9.05. The summed E-state index contributed by atoms with van der Waals surface area (Å²) in [7, 11) is 0. The Morgan fingerprint density at radius 2 is 2.11 bits per heavy atom. The van der Waals surface area contributed by atoms with Crippen LogP contribution in [0.5, 0.6) is 5.75 Å². The van der Waals surface area contributed by atoms with E-state index >= 15 is 0 Å². The molecule has 3 nitrogen and oxygen atoms in total. The van der Waals surface area contributed by atoms with E-state index in [2.05, 4.69) is 5.32 Å². The van der Waals surface area contributed by atoms with Crippen molar-refractivity contribution in [3.05, 3.63) is 29.6 Å². The summed E-state index contributed by atoms with van der Waals surface area (Å²) in [6, 6.07) is 4.89. The van der Waals surface area contributed by atoms with Crippen molar-refractivity contribution in [2.45, 2.75) is 39.8 Å². The summed E-state index contributed by atoms with van der Waals surface area (Å²) in [5.74, 6) is -0.167. The average Bonchev–Trinajstić information content (AvgIpc) is 2.35. The third-order valence-electron chi connectivity index (χ3n) is 3.34. The number of benzene rings is 1. The van der Waals surface area contributed by atoms with E-state index in [1.165, 1.54) is 6.07 Å². The van der Waals surface area contributed by atoms with E-state index in [4.69, 9.17) is 4.74 Å². The van der Waals surface area contributed by atoms with Gasteiger partial charge in [-0.25, -0.2) is 4.39 Å². The number of halogens is 1. The zero-order valence-electron chi connectivity index (χ0n) is 12.2. The normalized spacial score (nSPS) is 14.5. The van der Waals surface area contributed by atoms with E-state index in [0.29, 0.717) is 6.54 Å². The highest BCUT2D eigenvalue weighted by atomic mass is 19.1. The minimum atomic E-state index is -0.963. The first kappa shape index (κ1) is 15.9. The Morgan fingerprint density at radius 3 is 2.63 bits per heavy atom. The number of hydrogen-bond acceptors (Lipinski definition) is 3. The predicted octanol–water partition coefficient (Wildman–Crippen LogP) is 2.72. The molecule has 0 fully saturated rings. The van der Waals surface area contributed by atoms with Crippen LogP contribution in [0.25, 0.3) is 0 Å². The largest absolute Gasteiger partial charge is 0.488 e. The van der Waals surface area contributed by atoms with Crippen molar-refractivity contribution in [2.75, 3.05) is 13.2 Å². The molecule has 1 aromatic rings. The maximum absolute atomic E-state index is 13.8. The molecule has 1 atom stereocenters. The molecule has 0 aromatic heterocycles. The Balaban J connectivity index is 2.65. The van der Waals surface area contributed by atoms with Crippen LogP contribution >= 0.6 is 0 Å². The molecule has 0 spiro atoms. The minimum absolute atomic E-state index is 0.0450. The molecule has 0 saturated carbocycles. The Hall–Kier alpha value is -1.13. The van der Waals surface area contributed by atoms with E-state index in [1.54, 1.807) is 13.0 Å². The SMILES string of the molecule is CCNCc1ccc(OCC(C)(O)C(C)C)c(F)c1. The number of rotatable bonds is 7. The molecule has 0 saturated heterocycles. The first-order chi connectivity index (χ1) is 8.86. The second-order valence-corrected chi connectivity index (χ2v) is 5.35. The molecule has 0 aliphatic heterocycles. The summed E-state index contributed by atoms with van der Waals surface area (Å²) >= 11 is 0. The van der Waals surface area contributed by atoms with Gasteiger partial charge in [-0.15, -0.1) is 0 Å². The van der Waals surface area contributed by atoms with Crippen LogP contribution in [0.2, 0.25) is 0 Å². The second kappa shape index (κ2) is 6.87. The fourth-order valence-electron chi connectivity index (χ4n) is 1.43. The van der Waals surface area contributed by atoms with Crippen molar-refractivity contribution >= 4 is 0 Å². The Labute approximate surface area is 114 Å². The molecule has 1 aromatic carbocycles. The van der Waals surface area contributed by atoms with Gasteiger partial charge in [-0.05, 0) is 37.1 Å². The van der Waals surface area contributed by atoms with Gasteiger partial charge in [-0.3, -0.25) is 0 Å². The third-order valence-corrected chi connectivity index (χ3v) is 3.34. The Bertz CT molecular complexity index is 405. The van der Waals surface area contributed by atoms with Crippen molar-refractivity contribution in [1.82, 2.24) is 5.32 Å². The molecule has 0 bridgehead atoms. The molecule has 0 amide bonds. The molecule has 0 aliphatic rings. The van der Waals surface area contributed by atoms with Crippen LogP contribution in [0.15, 0.2) is 18.2 Å². The van der Waals surface area contributed by atoms with Gasteiger partial charge in [0.2, 0.25) is 0 Å². The molecule has 1 unspecified atom stereocenters. The molecule has 0 heterocycles. The van der Waals surface area contributed by atoms with Gasteiger partial charge in [-0.2, -0.15) is 0 Å². The van der Waals surface area contributed by atoms with Crippen molar-refractivity contribution in [1.29, 1.82) is 0 Å². The standard InChI is InChI=1S/C15H24FNO2/c1-5-17-9-12-6-7-14(13(16)8-12)19-10-15(4,18)11(2)3/h6-8,11,17-18H,5,9-10H2,1-4H3. The van der Waals surface area contributed by atoms with E-state index in [9.17, 15) is 9.50 Å². The minimum Gasteiger partial charge on any atom is -0.488 e. The van der Waals surface area contributed by atoms with Crippen molar-refractivity contribution in [2.24, 2.45) is 5.92 Å². The number of aliphatic hydroxyl groups is 1. The Kier molecular flexibility index (Phi) is 5.76. The summed E-state index contributed by atoms with van der Waals surface area (Å²) in [5.41, 5.74) is -0.0863. The molecule has 1 rings (SSSR count). The highest BCUT2D eigenvalue weighted by Gasteiger charge is 2.26. The topological polar surface area (TPSA) is 41.5 Å². The maximum Gasteiger partial charge on any atom is 0.165 e. The highest BCUT2D eigenvalue weighted by molar-refractivity contribution is 5.29. The second-order valence-electron chi connectivity index (χ2n) is 5.35. The van der Waals surface area contributed by atoms with Gasteiger partial charge in [0.25, 0.3) is 0 Å². The monoisotopic (exact) mass is 269 g/mol. The number of ether oxygens (including phenoxy) is 1. The first-order valence-electron chi connectivity index (χ1n) is 6.71. The lowest BCUT2D eigenvalue weighted by Crippen LogP contribution is -2.37. The number of nitrogens with one attached hydrogen (secondary N) is 1. The third kappa shape index (κ3) is 4.80. The van der Waals surface area contributed by atoms with Crippen LogP contribution in [0.4, 0.5) is 4.39 Å². The fourth-order valence-corrected chi connectivity index (χ4v) is 1.43. The molecule has 108 valence electrons. The quantitative estimate of drug-likeness (QED) is 0.799. The summed E-state index contributed by atoms with van der Waals surface area (Å²) in [4.78, 5) is 0. The van der Waals surface area contributed by atoms with Crippen LogP contribution in [0.1, 0.15) is 33.3 Å². The molecule has 2 N–H and O–H groups in total. The summed E-state index contributed by atoms with van der Waals surface area (Å²) in [5, 5.41) is 13.2. The van der Waals surface area contributed by atoms with Crippen LogP contribution in [0, 0.1) is 11.7 Å². The molecule has 0 aliphatic carbocycles. The maximum atomic E-state index is 13.8. The van der Waals surface area contributed by atoms with E-state index in [1.807, 2.05) is 26.8 Å². The van der Waals surface area contributed by atoms with Gasteiger partial charge in [-0.1, -0.05) is 26.8 Å². The summed E-state index contributed by atoms with van der Waals surface area (Å²) < 4.78 is 19.2. The van der Waals surface area contributed by atoms with Gasteiger partial charge in [0, 0.05) is 6.54 Å². The van der Waals surface area contributed by atoms with E-state index in [0.717, 1.165) is 12.1 Å². The molecule has 0 radical (unpaired) electrons. The number of hydrogen-bond donors (Lipinski definition) is 2. The lowest BCUT2D eigenvalue weighted by Gasteiger charge is -2.27. The fraction of sp³-hybridized carbons (Fsp3) is 0.600. The average molecular weight is 269 g/mol. The van der Waals surface area contributed by atoms with Gasteiger partial charge < -0.3 is 15.2 Å². The summed E-state index contributed by atoms with van der Waals surface area (Å²) in [6.07, 6.45) is 0. The van der Waals surface area contributed by atoms with Gasteiger partial charge in [0.05, 0.1) is 5.60 Å². The van der Waals surface area contributed by atoms with Crippen LogP contribution in [-0.2, 0) is 6.54 Å². The van der Waals surface area contributed by atoms with Crippen molar-refractivity contribution in [3.63, 3.8) is 0 Å². The van der Waals surface area contributed by atoms with Crippen molar-refractivity contribution in [3.8, 4) is 5.75 Å². The van der Waals surface area contributed by atoms with Crippen LogP contribution in [0.3, 0.4) is 0 Å². The highest BCUT2D eigenvalue weighted by Crippen LogP contribution is 2.22. The van der Waals surface area contributed by atoms with Crippen LogP contribution in [-0.4, -0.2) is 23.9 Å². The molecular formula is C15H24FNO2. The lowest BCUT2D eigenvalue weighted by molar-refractivity contribution is -0.0275. The van der Waals surface area contributed by atoms with Gasteiger partial charge in [0.1, 0.15) is 6.61 Å². The van der Waals surface area contributed by atoms with Crippen molar-refractivity contribution < 1.29 is 14.2 Å².